The van der Waals surface area contributed by atoms with Gasteiger partial charge in [0.15, 0.2) is 0 Å². The molecule has 1 aliphatic rings. The number of phenols is 1. The Morgan fingerprint density at radius 1 is 1.39 bits per heavy atom. The summed E-state index contributed by atoms with van der Waals surface area (Å²) in [5.41, 5.74) is 0. The molecule has 0 aliphatic carbocycles. The number of para-hydroxylation sites is 1. The molecule has 1 aromatic carbocycles. The number of hydrogen-bond acceptors (Lipinski definition) is 4. The molecule has 1 N–H and O–H groups in total. The van der Waals surface area contributed by atoms with Crippen LogP contribution in [0.3, 0.4) is 0 Å². The van der Waals surface area contributed by atoms with E-state index in [4.69, 9.17) is 4.74 Å². The van der Waals surface area contributed by atoms with Crippen LogP contribution in [0.5, 0.6) is 5.75 Å². The largest absolute Gasteiger partial charge is 0.507 e. The van der Waals surface area contributed by atoms with E-state index in [9.17, 15) is 13.5 Å². The highest BCUT2D eigenvalue weighted by Crippen LogP contribution is 2.27. The molecule has 2 rings (SSSR count). The molecule has 5 nitrogen and oxygen atoms in total. The molecule has 6 heteroatoms. The van der Waals surface area contributed by atoms with Crippen molar-refractivity contribution in [2.45, 2.75) is 23.8 Å². The van der Waals surface area contributed by atoms with Gasteiger partial charge in [0, 0.05) is 20.2 Å². The van der Waals surface area contributed by atoms with E-state index in [-0.39, 0.29) is 16.7 Å². The SMILES string of the molecule is COC1CCCN(S(=O)(=O)c2ccccc2O)C1. The number of rotatable bonds is 3. The van der Waals surface area contributed by atoms with Crippen molar-refractivity contribution in [2.24, 2.45) is 0 Å². The number of phenolic OH excluding ortho intramolecular Hbond substituents is 1. The molecule has 0 amide bonds. The average molecular weight is 271 g/mol. The molecule has 1 aliphatic heterocycles. The molecular formula is C12H17NO4S. The van der Waals surface area contributed by atoms with Gasteiger partial charge in [-0.05, 0) is 25.0 Å². The lowest BCUT2D eigenvalue weighted by atomic mass is 10.1. The van der Waals surface area contributed by atoms with Gasteiger partial charge in [0.05, 0.1) is 6.10 Å². The molecule has 1 atom stereocenters. The summed E-state index contributed by atoms with van der Waals surface area (Å²) in [5.74, 6) is -0.211. The Bertz CT molecular complexity index is 515. The van der Waals surface area contributed by atoms with Crippen LogP contribution in [0.1, 0.15) is 12.8 Å². The molecule has 0 saturated carbocycles. The van der Waals surface area contributed by atoms with Crippen molar-refractivity contribution in [3.8, 4) is 5.75 Å². The normalized spacial score (nSPS) is 21.9. The van der Waals surface area contributed by atoms with Gasteiger partial charge in [-0.3, -0.25) is 0 Å². The highest BCUT2D eigenvalue weighted by Gasteiger charge is 2.31. The zero-order valence-electron chi connectivity index (χ0n) is 10.2. The maximum Gasteiger partial charge on any atom is 0.246 e. The van der Waals surface area contributed by atoms with Crippen LogP contribution in [-0.4, -0.2) is 44.1 Å². The Morgan fingerprint density at radius 3 is 2.78 bits per heavy atom. The lowest BCUT2D eigenvalue weighted by Gasteiger charge is -2.31. The van der Waals surface area contributed by atoms with E-state index in [0.29, 0.717) is 13.1 Å². The van der Waals surface area contributed by atoms with E-state index < -0.39 is 10.0 Å². The number of methoxy groups -OCH3 is 1. The van der Waals surface area contributed by atoms with E-state index in [2.05, 4.69) is 0 Å². The molecule has 1 aromatic rings. The Balaban J connectivity index is 2.29. The fourth-order valence-corrected chi connectivity index (χ4v) is 3.72. The molecule has 1 heterocycles. The second-order valence-electron chi connectivity index (χ2n) is 4.33. The topological polar surface area (TPSA) is 66.8 Å². The smallest absolute Gasteiger partial charge is 0.246 e. The first-order valence-electron chi connectivity index (χ1n) is 5.86. The summed E-state index contributed by atoms with van der Waals surface area (Å²) in [4.78, 5) is -0.0400. The van der Waals surface area contributed by atoms with Crippen molar-refractivity contribution in [1.82, 2.24) is 4.31 Å². The van der Waals surface area contributed by atoms with Crippen LogP contribution in [-0.2, 0) is 14.8 Å². The van der Waals surface area contributed by atoms with Gasteiger partial charge < -0.3 is 9.84 Å². The summed E-state index contributed by atoms with van der Waals surface area (Å²) in [6, 6.07) is 6.00. The van der Waals surface area contributed by atoms with Crippen LogP contribution in [0.2, 0.25) is 0 Å². The first kappa shape index (κ1) is 13.3. The lowest BCUT2D eigenvalue weighted by molar-refractivity contribution is 0.0571. The first-order valence-corrected chi connectivity index (χ1v) is 7.30. The fourth-order valence-electron chi connectivity index (χ4n) is 2.13. The highest BCUT2D eigenvalue weighted by molar-refractivity contribution is 7.89. The molecule has 0 spiro atoms. The number of ether oxygens (including phenoxy) is 1. The number of aromatic hydroxyl groups is 1. The number of piperidine rings is 1. The second kappa shape index (κ2) is 5.26. The van der Waals surface area contributed by atoms with Gasteiger partial charge in [-0.2, -0.15) is 4.31 Å². The third-order valence-corrected chi connectivity index (χ3v) is 5.07. The third kappa shape index (κ3) is 2.50. The van der Waals surface area contributed by atoms with Crippen LogP contribution in [0.4, 0.5) is 0 Å². The minimum atomic E-state index is -3.63. The minimum Gasteiger partial charge on any atom is -0.507 e. The van der Waals surface area contributed by atoms with Gasteiger partial charge >= 0.3 is 0 Å². The van der Waals surface area contributed by atoms with Gasteiger partial charge in [-0.15, -0.1) is 0 Å². The predicted octanol–water partition coefficient (Wildman–Crippen LogP) is 1.19. The summed E-state index contributed by atoms with van der Waals surface area (Å²) < 4.78 is 31.3. The standard InChI is InChI=1S/C12H17NO4S/c1-17-10-5-4-8-13(9-10)18(15,16)12-7-3-2-6-11(12)14/h2-3,6-7,10,14H,4-5,8-9H2,1H3. The van der Waals surface area contributed by atoms with Crippen molar-refractivity contribution in [3.63, 3.8) is 0 Å². The molecule has 1 saturated heterocycles. The number of hydrogen-bond donors (Lipinski definition) is 1. The molecule has 0 aromatic heterocycles. The van der Waals surface area contributed by atoms with Gasteiger partial charge in [0.25, 0.3) is 0 Å². The summed E-state index contributed by atoms with van der Waals surface area (Å²) in [6.07, 6.45) is 1.56. The van der Waals surface area contributed by atoms with Crippen molar-refractivity contribution in [1.29, 1.82) is 0 Å². The Labute approximate surface area is 107 Å². The van der Waals surface area contributed by atoms with E-state index in [1.54, 1.807) is 19.2 Å². The van der Waals surface area contributed by atoms with Gasteiger partial charge in [-0.25, -0.2) is 8.42 Å². The van der Waals surface area contributed by atoms with Crippen molar-refractivity contribution in [2.75, 3.05) is 20.2 Å². The van der Waals surface area contributed by atoms with Gasteiger partial charge in [0.2, 0.25) is 10.0 Å². The summed E-state index contributed by atoms with van der Waals surface area (Å²) in [5, 5.41) is 9.66. The first-order chi connectivity index (χ1) is 8.55. The minimum absolute atomic E-state index is 0.0400. The van der Waals surface area contributed by atoms with E-state index in [1.807, 2.05) is 0 Å². The van der Waals surface area contributed by atoms with Gasteiger partial charge in [0.1, 0.15) is 10.6 Å². The molecular weight excluding hydrogens is 254 g/mol. The molecule has 1 fully saturated rings. The number of benzene rings is 1. The Kier molecular flexibility index (Phi) is 3.89. The maximum atomic E-state index is 12.4. The predicted molar refractivity (Wildman–Crippen MR) is 66.9 cm³/mol. The number of sulfonamides is 1. The molecule has 0 bridgehead atoms. The van der Waals surface area contributed by atoms with E-state index in [0.717, 1.165) is 12.8 Å². The van der Waals surface area contributed by atoms with E-state index in [1.165, 1.54) is 16.4 Å². The summed E-state index contributed by atoms with van der Waals surface area (Å²) in [6.45, 7) is 0.809. The Hall–Kier alpha value is -1.11. The van der Waals surface area contributed by atoms with Crippen molar-refractivity contribution in [3.05, 3.63) is 24.3 Å². The number of nitrogens with zero attached hydrogens (tertiary/aromatic N) is 1. The zero-order chi connectivity index (χ0) is 13.2. The molecule has 0 radical (unpaired) electrons. The van der Waals surface area contributed by atoms with Crippen molar-refractivity contribution >= 4 is 10.0 Å². The van der Waals surface area contributed by atoms with Crippen molar-refractivity contribution < 1.29 is 18.3 Å². The maximum absolute atomic E-state index is 12.4. The van der Waals surface area contributed by atoms with Crippen LogP contribution in [0.15, 0.2) is 29.2 Å². The van der Waals surface area contributed by atoms with E-state index >= 15 is 0 Å². The van der Waals surface area contributed by atoms with Crippen LogP contribution in [0.25, 0.3) is 0 Å². The summed E-state index contributed by atoms with van der Waals surface area (Å²) in [7, 11) is -2.05. The summed E-state index contributed by atoms with van der Waals surface area (Å²) >= 11 is 0. The quantitative estimate of drug-likeness (QED) is 0.896. The molecule has 100 valence electrons. The molecule has 1 unspecified atom stereocenters. The average Bonchev–Trinajstić information content (AvgIpc) is 2.39. The fraction of sp³-hybridized carbons (Fsp3) is 0.500. The second-order valence-corrected chi connectivity index (χ2v) is 6.24. The Morgan fingerprint density at radius 2 is 2.11 bits per heavy atom. The zero-order valence-corrected chi connectivity index (χ0v) is 11.1. The van der Waals surface area contributed by atoms with Crippen LogP contribution in [0, 0.1) is 0 Å². The third-order valence-electron chi connectivity index (χ3n) is 3.16. The van der Waals surface area contributed by atoms with Gasteiger partial charge in [-0.1, -0.05) is 12.1 Å². The van der Waals surface area contributed by atoms with Crippen LogP contribution < -0.4 is 0 Å². The van der Waals surface area contributed by atoms with Crippen LogP contribution >= 0.6 is 0 Å². The highest BCUT2D eigenvalue weighted by atomic mass is 32.2. The monoisotopic (exact) mass is 271 g/mol. The molecule has 18 heavy (non-hydrogen) atoms. The lowest BCUT2D eigenvalue weighted by Crippen LogP contribution is -2.42.